The van der Waals surface area contributed by atoms with E-state index < -0.39 is 0 Å². The summed E-state index contributed by atoms with van der Waals surface area (Å²) in [4.78, 5) is 25.3. The molecule has 0 saturated heterocycles. The Morgan fingerprint density at radius 3 is 2.72 bits per heavy atom. The lowest BCUT2D eigenvalue weighted by Gasteiger charge is -2.08. The number of hydrogen-bond acceptors (Lipinski definition) is 5. The molecule has 1 aromatic carbocycles. The zero-order valence-corrected chi connectivity index (χ0v) is 17.6. The van der Waals surface area contributed by atoms with Crippen molar-refractivity contribution in [3.8, 4) is 5.69 Å². The van der Waals surface area contributed by atoms with Crippen molar-refractivity contribution in [2.75, 3.05) is 11.9 Å². The number of anilines is 1. The predicted molar refractivity (Wildman–Crippen MR) is 118 cm³/mol. The maximum absolute atomic E-state index is 12.8. The Kier molecular flexibility index (Phi) is 6.39. The normalized spacial score (nSPS) is 11.8. The van der Waals surface area contributed by atoms with Crippen LogP contribution in [-0.2, 0) is 11.2 Å². The van der Waals surface area contributed by atoms with Crippen molar-refractivity contribution in [2.45, 2.75) is 27.2 Å². The van der Waals surface area contributed by atoms with Crippen LogP contribution in [0.25, 0.3) is 18.5 Å². The van der Waals surface area contributed by atoms with Crippen molar-refractivity contribution in [2.24, 2.45) is 5.92 Å². The van der Waals surface area contributed by atoms with Crippen LogP contribution < -0.4 is 21.4 Å². The molecular formula is C22H25N3O3S. The number of carbonyl (C=O) groups is 1. The average Bonchev–Trinajstić information content (AvgIpc) is 3.21. The molecule has 3 rings (SSSR count). The van der Waals surface area contributed by atoms with E-state index in [2.05, 4.69) is 30.8 Å². The highest BCUT2D eigenvalue weighted by Gasteiger charge is 2.20. The summed E-state index contributed by atoms with van der Waals surface area (Å²) in [6.45, 7) is 10.2. The first kappa shape index (κ1) is 20.7. The van der Waals surface area contributed by atoms with Gasteiger partial charge < -0.3 is 10.1 Å². The Labute approximate surface area is 173 Å². The van der Waals surface area contributed by atoms with Crippen LogP contribution in [0.5, 0.6) is 0 Å². The highest BCUT2D eigenvalue weighted by Crippen LogP contribution is 2.30. The van der Waals surface area contributed by atoms with Gasteiger partial charge in [0.15, 0.2) is 0 Å². The molecule has 152 valence electrons. The van der Waals surface area contributed by atoms with Gasteiger partial charge in [-0.15, -0.1) is 11.3 Å². The van der Waals surface area contributed by atoms with Crippen molar-refractivity contribution >= 4 is 35.1 Å². The van der Waals surface area contributed by atoms with Gasteiger partial charge in [-0.05, 0) is 42.3 Å². The lowest BCUT2D eigenvalue weighted by atomic mass is 10.0. The second-order valence-corrected chi connectivity index (χ2v) is 7.93. The van der Waals surface area contributed by atoms with Gasteiger partial charge in [-0.1, -0.05) is 38.6 Å². The van der Waals surface area contributed by atoms with Gasteiger partial charge in [-0.25, -0.2) is 9.48 Å². The van der Waals surface area contributed by atoms with E-state index in [1.165, 1.54) is 16.0 Å². The Bertz CT molecular complexity index is 1160. The number of benzene rings is 1. The van der Waals surface area contributed by atoms with Crippen molar-refractivity contribution in [1.29, 1.82) is 0 Å². The van der Waals surface area contributed by atoms with Gasteiger partial charge in [-0.2, -0.15) is 0 Å². The fourth-order valence-electron chi connectivity index (χ4n) is 3.06. The predicted octanol–water partition coefficient (Wildman–Crippen LogP) is 2.86. The molecule has 0 radical (unpaired) electrons. The third kappa shape index (κ3) is 4.51. The van der Waals surface area contributed by atoms with E-state index >= 15 is 0 Å². The molecule has 0 amide bonds. The van der Waals surface area contributed by atoms with Gasteiger partial charge in [0.25, 0.3) is 5.56 Å². The summed E-state index contributed by atoms with van der Waals surface area (Å²) in [6.07, 6.45) is 2.37. The molecule has 0 aliphatic rings. The number of nitrogens with zero attached hydrogens (tertiary/aromatic N) is 1. The first-order valence-electron chi connectivity index (χ1n) is 9.52. The first-order chi connectivity index (χ1) is 13.9. The van der Waals surface area contributed by atoms with Gasteiger partial charge in [0, 0.05) is 6.20 Å². The molecule has 0 bridgehead atoms. The Hall–Kier alpha value is -3.06. The van der Waals surface area contributed by atoms with Crippen LogP contribution in [0.15, 0.2) is 40.5 Å². The van der Waals surface area contributed by atoms with Crippen molar-refractivity contribution in [1.82, 2.24) is 9.78 Å². The van der Waals surface area contributed by atoms with E-state index in [0.717, 1.165) is 17.7 Å². The summed E-state index contributed by atoms with van der Waals surface area (Å²) in [5.41, 5.74) is 1.99. The minimum Gasteiger partial charge on any atom is -0.462 e. The van der Waals surface area contributed by atoms with Gasteiger partial charge in [0.1, 0.15) is 5.00 Å². The first-order valence-corrected chi connectivity index (χ1v) is 10.4. The highest BCUT2D eigenvalue weighted by molar-refractivity contribution is 7.14. The molecule has 0 fully saturated rings. The van der Waals surface area contributed by atoms with Gasteiger partial charge in [-0.3, -0.25) is 9.89 Å². The van der Waals surface area contributed by atoms with E-state index in [-0.39, 0.29) is 11.5 Å². The van der Waals surface area contributed by atoms with Crippen molar-refractivity contribution in [3.63, 3.8) is 0 Å². The van der Waals surface area contributed by atoms with E-state index in [4.69, 9.17) is 4.74 Å². The number of carbonyl (C=O) groups excluding carboxylic acids is 1. The number of ether oxygens (including phenoxy) is 1. The molecular weight excluding hydrogens is 386 g/mol. The fourth-order valence-corrected chi connectivity index (χ4v) is 3.99. The lowest BCUT2D eigenvalue weighted by Crippen LogP contribution is -2.34. The number of thiophene rings is 1. The Morgan fingerprint density at radius 1 is 1.34 bits per heavy atom. The number of aromatic amines is 1. The SMILES string of the molecule is C=c1[nH]n(-c2ccccc2)c(=O)/c1=C\Nc1scc(CC(C)C)c1C(=O)OCC. The molecule has 0 atom stereocenters. The summed E-state index contributed by atoms with van der Waals surface area (Å²) in [7, 11) is 0. The van der Waals surface area contributed by atoms with Gasteiger partial charge in [0.05, 0.1) is 28.4 Å². The quantitative estimate of drug-likeness (QED) is 0.586. The largest absolute Gasteiger partial charge is 0.462 e. The number of hydrogen-bond donors (Lipinski definition) is 2. The number of para-hydroxylation sites is 1. The molecule has 3 aromatic rings. The lowest BCUT2D eigenvalue weighted by molar-refractivity contribution is 0.0526. The molecule has 6 nitrogen and oxygen atoms in total. The molecule has 29 heavy (non-hydrogen) atoms. The summed E-state index contributed by atoms with van der Waals surface area (Å²) >= 11 is 1.42. The summed E-state index contributed by atoms with van der Waals surface area (Å²) < 4.78 is 6.69. The third-order valence-electron chi connectivity index (χ3n) is 4.34. The number of nitrogens with one attached hydrogen (secondary N) is 2. The van der Waals surface area contributed by atoms with E-state index in [0.29, 0.717) is 33.7 Å². The Morgan fingerprint density at radius 2 is 2.07 bits per heavy atom. The van der Waals surface area contributed by atoms with Crippen LogP contribution in [0.2, 0.25) is 0 Å². The Balaban J connectivity index is 2.00. The highest BCUT2D eigenvalue weighted by atomic mass is 32.1. The maximum Gasteiger partial charge on any atom is 0.341 e. The van der Waals surface area contributed by atoms with E-state index in [1.807, 2.05) is 35.7 Å². The zero-order valence-electron chi connectivity index (χ0n) is 16.8. The third-order valence-corrected chi connectivity index (χ3v) is 5.30. The molecule has 0 aliphatic heterocycles. The molecule has 2 aromatic heterocycles. The minimum atomic E-state index is -0.356. The second-order valence-electron chi connectivity index (χ2n) is 7.05. The minimum absolute atomic E-state index is 0.217. The summed E-state index contributed by atoms with van der Waals surface area (Å²) in [5.74, 6) is 0.0507. The monoisotopic (exact) mass is 411 g/mol. The van der Waals surface area contributed by atoms with Crippen LogP contribution in [0, 0.1) is 5.92 Å². The van der Waals surface area contributed by atoms with Crippen LogP contribution in [0.1, 0.15) is 36.7 Å². The van der Waals surface area contributed by atoms with Crippen molar-refractivity contribution < 1.29 is 9.53 Å². The maximum atomic E-state index is 12.8. The molecule has 0 aliphatic carbocycles. The zero-order chi connectivity index (χ0) is 21.0. The van der Waals surface area contributed by atoms with Gasteiger partial charge >= 0.3 is 5.97 Å². The smallest absolute Gasteiger partial charge is 0.341 e. The summed E-state index contributed by atoms with van der Waals surface area (Å²) in [6, 6.07) is 9.29. The van der Waals surface area contributed by atoms with Crippen LogP contribution >= 0.6 is 11.3 Å². The number of H-pyrrole nitrogens is 1. The average molecular weight is 412 g/mol. The molecule has 7 heteroatoms. The molecule has 2 heterocycles. The number of rotatable bonds is 7. The number of aromatic nitrogens is 2. The topological polar surface area (TPSA) is 76.1 Å². The molecule has 2 N–H and O–H groups in total. The van der Waals surface area contributed by atoms with Gasteiger partial charge in [0.2, 0.25) is 0 Å². The number of esters is 1. The standard InChI is InChI=1S/C22H25N3O3S/c1-5-28-22(27)19-16(11-14(2)3)13-29-20(19)23-12-18-15(4)24-25(21(18)26)17-9-7-6-8-10-17/h6-10,12-14,23-24H,4-5,11H2,1-3H3/b18-12-. The fraction of sp³-hybridized carbons (Fsp3) is 0.273. The van der Waals surface area contributed by atoms with E-state index in [9.17, 15) is 9.59 Å². The second kappa shape index (κ2) is 8.96. The van der Waals surface area contributed by atoms with Crippen LogP contribution in [-0.4, -0.2) is 22.4 Å². The molecule has 0 saturated carbocycles. The summed E-state index contributed by atoms with van der Waals surface area (Å²) in [5, 5.41) is 9.63. The van der Waals surface area contributed by atoms with E-state index in [1.54, 1.807) is 13.1 Å². The molecule has 0 unspecified atom stereocenters. The molecule has 0 spiro atoms. The van der Waals surface area contributed by atoms with Crippen molar-refractivity contribution in [3.05, 3.63) is 67.8 Å². The van der Waals surface area contributed by atoms with Crippen LogP contribution in [0.3, 0.4) is 0 Å². The van der Waals surface area contributed by atoms with Crippen LogP contribution in [0.4, 0.5) is 5.00 Å².